The van der Waals surface area contributed by atoms with Crippen molar-refractivity contribution in [3.05, 3.63) is 0 Å². The molecule has 0 aliphatic heterocycles. The summed E-state index contributed by atoms with van der Waals surface area (Å²) < 4.78 is 5.17. The van der Waals surface area contributed by atoms with Crippen LogP contribution in [-0.4, -0.2) is 60.9 Å². The van der Waals surface area contributed by atoms with Crippen molar-refractivity contribution in [1.29, 1.82) is 0 Å². The predicted octanol–water partition coefficient (Wildman–Crippen LogP) is 1.36. The third kappa shape index (κ3) is 6.22. The summed E-state index contributed by atoms with van der Waals surface area (Å²) in [5, 5.41) is 0. The summed E-state index contributed by atoms with van der Waals surface area (Å²) in [6, 6.07) is -0.656. The second-order valence-corrected chi connectivity index (χ2v) is 5.31. The topological polar surface area (TPSA) is 62.2 Å². The molecule has 1 atom stereocenters. The molecule has 2 amide bonds. The van der Waals surface area contributed by atoms with E-state index in [0.717, 1.165) is 0 Å². The lowest BCUT2D eigenvalue weighted by Crippen LogP contribution is -2.42. The number of aliphatic imine (C=N–C) groups is 1. The van der Waals surface area contributed by atoms with Gasteiger partial charge in [0.2, 0.25) is 0 Å². The number of carbonyl (C=O) groups excluding carboxylic acids is 2. The second-order valence-electron chi connectivity index (χ2n) is 5.31. The lowest BCUT2D eigenvalue weighted by molar-refractivity contribution is -0.122. The molecule has 0 unspecified atom stereocenters. The van der Waals surface area contributed by atoms with E-state index in [1.54, 1.807) is 46.7 Å². The summed E-state index contributed by atoms with van der Waals surface area (Å²) in [6.07, 6.45) is 0.866. The van der Waals surface area contributed by atoms with E-state index >= 15 is 0 Å². The quantitative estimate of drug-likeness (QED) is 0.565. The van der Waals surface area contributed by atoms with E-state index in [0.29, 0.717) is 0 Å². The van der Waals surface area contributed by atoms with Gasteiger partial charge >= 0.3 is 6.09 Å². The zero-order valence-electron chi connectivity index (χ0n) is 12.2. The van der Waals surface area contributed by atoms with Crippen LogP contribution in [0.3, 0.4) is 0 Å². The lowest BCUT2D eigenvalue weighted by atomic mass is 10.2. The van der Waals surface area contributed by atoms with E-state index in [9.17, 15) is 9.59 Å². The summed E-state index contributed by atoms with van der Waals surface area (Å²) >= 11 is 0. The van der Waals surface area contributed by atoms with Crippen LogP contribution in [0.1, 0.15) is 27.7 Å². The van der Waals surface area contributed by atoms with E-state index in [-0.39, 0.29) is 0 Å². The first-order valence-electron chi connectivity index (χ1n) is 5.75. The summed E-state index contributed by atoms with van der Waals surface area (Å²) in [5.41, 5.74) is -0.582. The zero-order chi connectivity index (χ0) is 14.5. The maximum absolute atomic E-state index is 11.7. The van der Waals surface area contributed by atoms with Gasteiger partial charge in [-0.25, -0.2) is 9.79 Å². The third-order valence-corrected chi connectivity index (χ3v) is 2.04. The van der Waals surface area contributed by atoms with E-state index in [1.807, 2.05) is 0 Å². The second kappa shape index (κ2) is 6.37. The molecular weight excluding hydrogens is 234 g/mol. The average Bonchev–Trinajstić information content (AvgIpc) is 2.21. The number of hydrogen-bond acceptors (Lipinski definition) is 3. The molecule has 0 spiro atoms. The maximum Gasteiger partial charge on any atom is 0.410 e. The highest BCUT2D eigenvalue weighted by Gasteiger charge is 2.26. The van der Waals surface area contributed by atoms with Crippen molar-refractivity contribution in [2.75, 3.05) is 21.1 Å². The molecule has 0 heterocycles. The molecule has 0 saturated heterocycles. The SMILES string of the molecule is C[C@@H](C(=O)/N=C/N(C)C)N(C)C(=O)OC(C)(C)C. The van der Waals surface area contributed by atoms with Crippen molar-refractivity contribution in [3.63, 3.8) is 0 Å². The molecule has 0 aromatic heterocycles. The van der Waals surface area contributed by atoms with Gasteiger partial charge in [0.15, 0.2) is 0 Å². The zero-order valence-corrected chi connectivity index (χ0v) is 12.2. The van der Waals surface area contributed by atoms with E-state index < -0.39 is 23.6 Å². The van der Waals surface area contributed by atoms with Gasteiger partial charge in [0, 0.05) is 21.1 Å². The van der Waals surface area contributed by atoms with Crippen LogP contribution in [0.2, 0.25) is 0 Å². The van der Waals surface area contributed by atoms with Gasteiger partial charge in [-0.05, 0) is 27.7 Å². The van der Waals surface area contributed by atoms with Gasteiger partial charge in [0.05, 0.1) is 6.34 Å². The molecule has 6 nitrogen and oxygen atoms in total. The normalized spacial score (nSPS) is 13.3. The van der Waals surface area contributed by atoms with Crippen molar-refractivity contribution in [3.8, 4) is 0 Å². The molecule has 0 radical (unpaired) electrons. The fourth-order valence-corrected chi connectivity index (χ4v) is 0.938. The van der Waals surface area contributed by atoms with Gasteiger partial charge in [-0.15, -0.1) is 0 Å². The fourth-order valence-electron chi connectivity index (χ4n) is 0.938. The smallest absolute Gasteiger partial charge is 0.410 e. The molecule has 18 heavy (non-hydrogen) atoms. The Bertz CT molecular complexity index is 332. The first-order chi connectivity index (χ1) is 8.04. The van der Waals surface area contributed by atoms with Crippen molar-refractivity contribution in [2.45, 2.75) is 39.3 Å². The van der Waals surface area contributed by atoms with Crippen LogP contribution in [0.25, 0.3) is 0 Å². The molecule has 104 valence electrons. The van der Waals surface area contributed by atoms with Crippen LogP contribution in [-0.2, 0) is 9.53 Å². The van der Waals surface area contributed by atoms with Gasteiger partial charge in [-0.2, -0.15) is 0 Å². The molecule has 0 rings (SSSR count). The van der Waals surface area contributed by atoms with Crippen LogP contribution in [0, 0.1) is 0 Å². The molecule has 6 heteroatoms. The Morgan fingerprint density at radius 3 is 2.11 bits per heavy atom. The molecule has 0 saturated carbocycles. The number of likely N-dealkylation sites (N-methyl/N-ethyl adjacent to an activating group) is 1. The molecule has 0 fully saturated rings. The highest BCUT2D eigenvalue weighted by atomic mass is 16.6. The minimum atomic E-state index is -0.656. The van der Waals surface area contributed by atoms with Crippen molar-refractivity contribution >= 4 is 18.3 Å². The number of carbonyl (C=O) groups is 2. The summed E-state index contributed by atoms with van der Waals surface area (Å²) in [7, 11) is 5.04. The van der Waals surface area contributed by atoms with Gasteiger partial charge in [-0.1, -0.05) is 0 Å². The highest BCUT2D eigenvalue weighted by molar-refractivity contribution is 5.90. The van der Waals surface area contributed by atoms with E-state index in [1.165, 1.54) is 18.3 Å². The van der Waals surface area contributed by atoms with Crippen LogP contribution in [0.4, 0.5) is 4.79 Å². The van der Waals surface area contributed by atoms with Crippen molar-refractivity contribution < 1.29 is 14.3 Å². The lowest BCUT2D eigenvalue weighted by Gasteiger charge is -2.27. The van der Waals surface area contributed by atoms with E-state index in [4.69, 9.17) is 4.74 Å². The number of ether oxygens (including phenoxy) is 1. The molecule has 0 aliphatic rings. The van der Waals surface area contributed by atoms with E-state index in [2.05, 4.69) is 4.99 Å². The molecular formula is C12H23N3O3. The Morgan fingerprint density at radius 1 is 1.22 bits per heavy atom. The molecule has 0 aliphatic carbocycles. The Balaban J connectivity index is 4.55. The number of nitrogens with zero attached hydrogens (tertiary/aromatic N) is 3. The largest absolute Gasteiger partial charge is 0.444 e. The van der Waals surface area contributed by atoms with Crippen LogP contribution < -0.4 is 0 Å². The van der Waals surface area contributed by atoms with Gasteiger partial charge < -0.3 is 9.64 Å². The molecule has 0 bridgehead atoms. The Labute approximate surface area is 109 Å². The van der Waals surface area contributed by atoms with Gasteiger partial charge in [0.25, 0.3) is 5.91 Å². The number of amides is 2. The minimum absolute atomic E-state index is 0.392. The first-order valence-corrected chi connectivity index (χ1v) is 5.75. The monoisotopic (exact) mass is 257 g/mol. The molecule has 0 N–H and O–H groups in total. The van der Waals surface area contributed by atoms with Crippen molar-refractivity contribution in [1.82, 2.24) is 9.80 Å². The maximum atomic E-state index is 11.7. The fraction of sp³-hybridized carbons (Fsp3) is 0.750. The van der Waals surface area contributed by atoms with Crippen LogP contribution in [0.15, 0.2) is 4.99 Å². The van der Waals surface area contributed by atoms with Gasteiger partial charge in [0.1, 0.15) is 11.6 Å². The Kier molecular flexibility index (Phi) is 5.81. The third-order valence-electron chi connectivity index (χ3n) is 2.04. The Morgan fingerprint density at radius 2 is 1.72 bits per heavy atom. The molecule has 0 aromatic carbocycles. The summed E-state index contributed by atoms with van der Waals surface area (Å²) in [6.45, 7) is 6.93. The number of rotatable bonds is 3. The highest BCUT2D eigenvalue weighted by Crippen LogP contribution is 2.11. The first kappa shape index (κ1) is 16.4. The summed E-state index contributed by atoms with van der Waals surface area (Å²) in [4.78, 5) is 30.0. The standard InChI is InChI=1S/C12H23N3O3/c1-9(10(16)13-8-14(5)6)15(7)11(17)18-12(2,3)4/h8-9H,1-7H3/b13-8+/t9-/m0/s1. The van der Waals surface area contributed by atoms with Crippen LogP contribution in [0.5, 0.6) is 0 Å². The molecule has 0 aromatic rings. The van der Waals surface area contributed by atoms with Gasteiger partial charge in [-0.3, -0.25) is 9.69 Å². The minimum Gasteiger partial charge on any atom is -0.444 e. The summed E-state index contributed by atoms with van der Waals surface area (Å²) in [5.74, 6) is -0.392. The number of hydrogen-bond donors (Lipinski definition) is 0. The predicted molar refractivity (Wildman–Crippen MR) is 70.6 cm³/mol. The van der Waals surface area contributed by atoms with Crippen molar-refractivity contribution in [2.24, 2.45) is 4.99 Å². The Hall–Kier alpha value is -1.59. The average molecular weight is 257 g/mol. The van der Waals surface area contributed by atoms with Crippen LogP contribution >= 0.6 is 0 Å².